The predicted molar refractivity (Wildman–Crippen MR) is 121 cm³/mol. The van der Waals surface area contributed by atoms with Gasteiger partial charge >= 0.3 is 6.09 Å². The van der Waals surface area contributed by atoms with Gasteiger partial charge in [-0.05, 0) is 73.6 Å². The molecule has 1 heterocycles. The number of carbonyl (C=O) groups excluding carboxylic acids is 1. The Bertz CT molecular complexity index is 506. The van der Waals surface area contributed by atoms with E-state index >= 15 is 0 Å². The van der Waals surface area contributed by atoms with Crippen molar-refractivity contribution >= 4 is 12.1 Å². The first kappa shape index (κ1) is 25.5. The van der Waals surface area contributed by atoms with E-state index in [4.69, 9.17) is 4.74 Å². The molecule has 1 atom stereocenters. The van der Waals surface area contributed by atoms with Gasteiger partial charge in [-0.3, -0.25) is 9.89 Å². The fourth-order valence-corrected chi connectivity index (χ4v) is 3.77. The highest BCUT2D eigenvalue weighted by Gasteiger charge is 2.27. The number of hydrogen-bond acceptors (Lipinski definition) is 4. The van der Waals surface area contributed by atoms with Gasteiger partial charge in [0.15, 0.2) is 5.96 Å². The maximum absolute atomic E-state index is 12.3. The fraction of sp³-hybridized carbons (Fsp3) is 0.909. The average molecular weight is 412 g/mol. The molecule has 1 aliphatic rings. The maximum atomic E-state index is 12.3. The summed E-state index contributed by atoms with van der Waals surface area (Å²) in [4.78, 5) is 21.0. The Morgan fingerprint density at radius 1 is 1.21 bits per heavy atom. The third-order valence-corrected chi connectivity index (χ3v) is 5.16. The van der Waals surface area contributed by atoms with Gasteiger partial charge in [-0.15, -0.1) is 0 Å². The van der Waals surface area contributed by atoms with E-state index in [0.717, 1.165) is 57.9 Å². The van der Waals surface area contributed by atoms with Crippen LogP contribution in [0.15, 0.2) is 4.99 Å². The van der Waals surface area contributed by atoms with Gasteiger partial charge in [0.25, 0.3) is 0 Å². The number of carbonyl (C=O) groups is 1. The Labute approximate surface area is 178 Å². The van der Waals surface area contributed by atoms with Crippen molar-refractivity contribution in [2.45, 2.75) is 85.4 Å². The molecule has 0 aromatic carbocycles. The molecule has 1 aliphatic heterocycles. The van der Waals surface area contributed by atoms with Gasteiger partial charge in [-0.25, -0.2) is 4.79 Å². The molecule has 0 aromatic heterocycles. The van der Waals surface area contributed by atoms with Crippen molar-refractivity contribution in [3.63, 3.8) is 0 Å². The number of aliphatic imine (C=N–C) groups is 1. The summed E-state index contributed by atoms with van der Waals surface area (Å²) in [6.45, 7) is 19.0. The first-order valence-electron chi connectivity index (χ1n) is 11.2. The number of amides is 1. The third kappa shape index (κ3) is 10.2. The minimum atomic E-state index is -0.449. The Morgan fingerprint density at radius 3 is 2.41 bits per heavy atom. The normalized spacial score (nSPS) is 18.5. The molecular formula is C22H45N5O2. The SMILES string of the molecule is CN=C(NCCCN(C(C)C)C(C)C)NCC1CCCN(C(=O)OC(C)(C)C)C1. The molecule has 29 heavy (non-hydrogen) atoms. The molecular weight excluding hydrogens is 366 g/mol. The van der Waals surface area contributed by atoms with E-state index in [1.807, 2.05) is 25.7 Å². The smallest absolute Gasteiger partial charge is 0.410 e. The van der Waals surface area contributed by atoms with Crippen molar-refractivity contribution in [1.82, 2.24) is 20.4 Å². The second kappa shape index (κ2) is 12.3. The molecule has 170 valence electrons. The van der Waals surface area contributed by atoms with Crippen LogP contribution in [0.4, 0.5) is 4.79 Å². The van der Waals surface area contributed by atoms with E-state index in [-0.39, 0.29) is 6.09 Å². The molecule has 1 fully saturated rings. The van der Waals surface area contributed by atoms with Crippen LogP contribution in [0.3, 0.4) is 0 Å². The van der Waals surface area contributed by atoms with Gasteiger partial charge in [-0.1, -0.05) is 0 Å². The lowest BCUT2D eigenvalue weighted by Crippen LogP contribution is -2.47. The van der Waals surface area contributed by atoms with Crippen LogP contribution in [0.25, 0.3) is 0 Å². The summed E-state index contributed by atoms with van der Waals surface area (Å²) < 4.78 is 5.52. The van der Waals surface area contributed by atoms with Crippen molar-refractivity contribution < 1.29 is 9.53 Å². The minimum Gasteiger partial charge on any atom is -0.444 e. The summed E-state index contributed by atoms with van der Waals surface area (Å²) >= 11 is 0. The topological polar surface area (TPSA) is 69.2 Å². The fourth-order valence-electron chi connectivity index (χ4n) is 3.77. The highest BCUT2D eigenvalue weighted by molar-refractivity contribution is 5.79. The Hall–Kier alpha value is -1.50. The van der Waals surface area contributed by atoms with Crippen LogP contribution < -0.4 is 10.6 Å². The number of ether oxygens (including phenoxy) is 1. The van der Waals surface area contributed by atoms with Gasteiger partial charge in [0.1, 0.15) is 5.60 Å². The van der Waals surface area contributed by atoms with Crippen molar-refractivity contribution in [3.8, 4) is 0 Å². The van der Waals surface area contributed by atoms with Gasteiger partial charge in [-0.2, -0.15) is 0 Å². The summed E-state index contributed by atoms with van der Waals surface area (Å²) in [6.07, 6.45) is 3.00. The molecule has 1 amide bonds. The lowest BCUT2D eigenvalue weighted by molar-refractivity contribution is 0.0168. The summed E-state index contributed by atoms with van der Waals surface area (Å²) in [5.41, 5.74) is -0.449. The monoisotopic (exact) mass is 411 g/mol. The molecule has 0 aromatic rings. The number of nitrogens with one attached hydrogen (secondary N) is 2. The Balaban J connectivity index is 2.36. The van der Waals surface area contributed by atoms with E-state index in [2.05, 4.69) is 48.2 Å². The summed E-state index contributed by atoms with van der Waals surface area (Å²) in [6, 6.07) is 1.12. The molecule has 0 radical (unpaired) electrons. The van der Waals surface area contributed by atoms with Gasteiger partial charge < -0.3 is 20.3 Å². The molecule has 0 bridgehead atoms. The van der Waals surface area contributed by atoms with Crippen LogP contribution in [0.1, 0.15) is 67.7 Å². The number of hydrogen-bond donors (Lipinski definition) is 2. The minimum absolute atomic E-state index is 0.204. The Kier molecular flexibility index (Phi) is 10.8. The third-order valence-electron chi connectivity index (χ3n) is 5.16. The molecule has 7 heteroatoms. The average Bonchev–Trinajstić information content (AvgIpc) is 2.62. The number of rotatable bonds is 8. The second-order valence-electron chi connectivity index (χ2n) is 9.59. The van der Waals surface area contributed by atoms with E-state index in [0.29, 0.717) is 18.0 Å². The molecule has 1 unspecified atom stereocenters. The van der Waals surface area contributed by atoms with Crippen LogP contribution in [0, 0.1) is 5.92 Å². The van der Waals surface area contributed by atoms with E-state index in [9.17, 15) is 4.79 Å². The van der Waals surface area contributed by atoms with E-state index in [1.165, 1.54) is 0 Å². The molecule has 0 spiro atoms. The van der Waals surface area contributed by atoms with Crippen molar-refractivity contribution in [2.24, 2.45) is 10.9 Å². The van der Waals surface area contributed by atoms with Gasteiger partial charge in [0, 0.05) is 51.9 Å². The van der Waals surface area contributed by atoms with Gasteiger partial charge in [0.05, 0.1) is 0 Å². The lowest BCUT2D eigenvalue weighted by Gasteiger charge is -2.34. The van der Waals surface area contributed by atoms with Crippen molar-refractivity contribution in [1.29, 1.82) is 0 Å². The zero-order valence-corrected chi connectivity index (χ0v) is 20.0. The number of piperidine rings is 1. The molecule has 0 aliphatic carbocycles. The number of nitrogens with zero attached hydrogens (tertiary/aromatic N) is 3. The first-order chi connectivity index (χ1) is 13.5. The largest absolute Gasteiger partial charge is 0.444 e. The molecule has 7 nitrogen and oxygen atoms in total. The lowest BCUT2D eigenvalue weighted by atomic mass is 9.98. The standard InChI is InChI=1S/C22H45N5O2/c1-17(2)27(18(3)4)14-10-12-24-20(23-8)25-15-19-11-9-13-26(16-19)21(28)29-22(5,6)7/h17-19H,9-16H2,1-8H3,(H2,23,24,25). The molecule has 1 saturated heterocycles. The molecule has 2 N–H and O–H groups in total. The molecule has 1 rings (SSSR count). The highest BCUT2D eigenvalue weighted by Crippen LogP contribution is 2.18. The van der Waals surface area contributed by atoms with Crippen LogP contribution >= 0.6 is 0 Å². The second-order valence-corrected chi connectivity index (χ2v) is 9.59. The maximum Gasteiger partial charge on any atom is 0.410 e. The van der Waals surface area contributed by atoms with Crippen LogP contribution in [-0.2, 0) is 4.74 Å². The summed E-state index contributed by atoms with van der Waals surface area (Å²) in [7, 11) is 1.80. The summed E-state index contributed by atoms with van der Waals surface area (Å²) in [5, 5.41) is 6.84. The van der Waals surface area contributed by atoms with Crippen LogP contribution in [-0.4, -0.2) is 79.3 Å². The van der Waals surface area contributed by atoms with Gasteiger partial charge in [0.2, 0.25) is 0 Å². The Morgan fingerprint density at radius 2 is 1.86 bits per heavy atom. The van der Waals surface area contributed by atoms with Crippen LogP contribution in [0.5, 0.6) is 0 Å². The van der Waals surface area contributed by atoms with Crippen LogP contribution in [0.2, 0.25) is 0 Å². The number of likely N-dealkylation sites (tertiary alicyclic amines) is 1. The zero-order valence-electron chi connectivity index (χ0n) is 20.0. The predicted octanol–water partition coefficient (Wildman–Crippen LogP) is 3.31. The number of guanidine groups is 1. The van der Waals surface area contributed by atoms with Crippen molar-refractivity contribution in [3.05, 3.63) is 0 Å². The zero-order chi connectivity index (χ0) is 22.0. The van der Waals surface area contributed by atoms with Crippen molar-refractivity contribution in [2.75, 3.05) is 39.8 Å². The van der Waals surface area contributed by atoms with E-state index < -0.39 is 5.60 Å². The van der Waals surface area contributed by atoms with E-state index in [1.54, 1.807) is 7.05 Å². The summed E-state index contributed by atoms with van der Waals surface area (Å²) in [5.74, 6) is 1.24. The molecule has 0 saturated carbocycles. The quantitative estimate of drug-likeness (QED) is 0.364. The first-order valence-corrected chi connectivity index (χ1v) is 11.2. The highest BCUT2D eigenvalue weighted by atomic mass is 16.6.